The lowest BCUT2D eigenvalue weighted by molar-refractivity contribution is -0.128. The van der Waals surface area contributed by atoms with Crippen molar-refractivity contribution in [2.24, 2.45) is 47.0 Å². The zero-order valence-electron chi connectivity index (χ0n) is 21.4. The van der Waals surface area contributed by atoms with Gasteiger partial charge in [0.2, 0.25) is 0 Å². The van der Waals surface area contributed by atoms with Crippen LogP contribution in [0.3, 0.4) is 0 Å². The van der Waals surface area contributed by atoms with Crippen molar-refractivity contribution in [3.8, 4) is 0 Å². The second-order valence-electron chi connectivity index (χ2n) is 10.4. The summed E-state index contributed by atoms with van der Waals surface area (Å²) in [5.41, 5.74) is 12.1. The van der Waals surface area contributed by atoms with Gasteiger partial charge < -0.3 is 16.8 Å². The summed E-state index contributed by atoms with van der Waals surface area (Å²) >= 11 is 0. The van der Waals surface area contributed by atoms with E-state index >= 15 is 0 Å². The number of hydrogen-bond acceptors (Lipinski definition) is 6. The summed E-state index contributed by atoms with van der Waals surface area (Å²) in [7, 11) is 0. The minimum absolute atomic E-state index is 0.0309. The number of hydrogen-bond donors (Lipinski definition) is 3. The van der Waals surface area contributed by atoms with E-state index in [-0.39, 0.29) is 58.9 Å². The minimum Gasteiger partial charge on any atom is -0.321 e. The third-order valence-electron chi connectivity index (χ3n) is 6.53. The van der Waals surface area contributed by atoms with Crippen molar-refractivity contribution in [3.63, 3.8) is 0 Å². The van der Waals surface area contributed by atoms with Crippen molar-refractivity contribution < 1.29 is 14.4 Å². The molecule has 6 nitrogen and oxygen atoms in total. The zero-order valence-corrected chi connectivity index (χ0v) is 21.4. The Morgan fingerprint density at radius 2 is 1.32 bits per heavy atom. The van der Waals surface area contributed by atoms with Crippen molar-refractivity contribution in [1.29, 1.82) is 0 Å². The maximum atomic E-state index is 13.3. The van der Waals surface area contributed by atoms with E-state index in [2.05, 4.69) is 26.1 Å². The van der Waals surface area contributed by atoms with Gasteiger partial charge in [0.25, 0.3) is 0 Å². The number of carbonyl (C=O) groups excluding carboxylic acids is 3. The van der Waals surface area contributed by atoms with Crippen LogP contribution in [0.1, 0.15) is 81.6 Å². The Balaban J connectivity index is 5.01. The molecular weight excluding hydrogens is 390 g/mol. The molecule has 5 N–H and O–H groups in total. The molecule has 6 heteroatoms. The molecule has 0 saturated carbocycles. The zero-order chi connectivity index (χ0) is 24.5. The first-order valence-electron chi connectivity index (χ1n) is 12.1. The first-order chi connectivity index (χ1) is 14.2. The molecule has 0 aromatic carbocycles. The molecule has 31 heavy (non-hydrogen) atoms. The molecule has 0 aromatic rings. The molecule has 0 aromatic heterocycles. The fourth-order valence-corrected chi connectivity index (χ4v) is 3.98. The smallest absolute Gasteiger partial charge is 0.153 e. The number of nitrogens with one attached hydrogen (secondary N) is 1. The van der Waals surface area contributed by atoms with Gasteiger partial charge in [-0.2, -0.15) is 0 Å². The Kier molecular flexibility index (Phi) is 13.6. The maximum absolute atomic E-state index is 13.3. The molecule has 182 valence electrons. The largest absolute Gasteiger partial charge is 0.321 e. The van der Waals surface area contributed by atoms with E-state index < -0.39 is 12.1 Å². The number of carbonyl (C=O) groups is 3. The van der Waals surface area contributed by atoms with Crippen LogP contribution in [0.15, 0.2) is 0 Å². The SMILES string of the molecule is CCC(C)[C@@H](NCC(C)C(=O)[C@H](N)C(C)C)C(=O)C(C)CC(C)C[C@@H](N)C(=O)C(C)C. The van der Waals surface area contributed by atoms with Crippen LogP contribution in [0, 0.1) is 35.5 Å². The Morgan fingerprint density at radius 3 is 1.77 bits per heavy atom. The van der Waals surface area contributed by atoms with Crippen molar-refractivity contribution in [1.82, 2.24) is 5.32 Å². The molecule has 0 bridgehead atoms. The van der Waals surface area contributed by atoms with Gasteiger partial charge in [0.05, 0.1) is 18.1 Å². The van der Waals surface area contributed by atoms with Crippen LogP contribution in [-0.2, 0) is 14.4 Å². The van der Waals surface area contributed by atoms with Gasteiger partial charge in [0.1, 0.15) is 0 Å². The topological polar surface area (TPSA) is 115 Å². The first kappa shape index (κ1) is 29.9. The molecule has 4 unspecified atom stereocenters. The molecular formula is C25H49N3O3. The Labute approximate surface area is 190 Å². The third kappa shape index (κ3) is 9.92. The van der Waals surface area contributed by atoms with E-state index in [4.69, 9.17) is 11.5 Å². The summed E-state index contributed by atoms with van der Waals surface area (Å²) in [6.07, 6.45) is 2.15. The lowest BCUT2D eigenvalue weighted by atomic mass is 9.82. The standard InChI is InChI=1S/C25H49N3O3/c1-10-17(7)22(28-13-19(9)24(30)21(27)14(2)3)25(31)18(8)11-16(6)12-20(26)23(29)15(4)5/h14-22,28H,10-13,26-27H2,1-9H3/t16?,17?,18?,19?,20-,21-,22-/m1/s1. The van der Waals surface area contributed by atoms with Crippen LogP contribution in [0.5, 0.6) is 0 Å². The van der Waals surface area contributed by atoms with Crippen molar-refractivity contribution >= 4 is 17.3 Å². The van der Waals surface area contributed by atoms with Crippen LogP contribution in [0.4, 0.5) is 0 Å². The molecule has 0 rings (SSSR count). The lowest BCUT2D eigenvalue weighted by Gasteiger charge is -2.29. The monoisotopic (exact) mass is 439 g/mol. The molecule has 0 fully saturated rings. The molecule has 0 aliphatic rings. The summed E-state index contributed by atoms with van der Waals surface area (Å²) < 4.78 is 0. The number of rotatable bonds is 16. The number of Topliss-reactive ketones (excluding diaryl/α,β-unsaturated/α-hetero) is 3. The van der Waals surface area contributed by atoms with Crippen molar-refractivity contribution in [2.75, 3.05) is 6.54 Å². The van der Waals surface area contributed by atoms with E-state index in [0.717, 1.165) is 6.42 Å². The molecule has 0 aliphatic carbocycles. The van der Waals surface area contributed by atoms with Crippen LogP contribution < -0.4 is 16.8 Å². The quantitative estimate of drug-likeness (QED) is 0.340. The van der Waals surface area contributed by atoms with Crippen molar-refractivity contribution in [3.05, 3.63) is 0 Å². The summed E-state index contributed by atoms with van der Waals surface area (Å²) in [4.78, 5) is 37.9. The minimum atomic E-state index is -0.480. The fourth-order valence-electron chi connectivity index (χ4n) is 3.98. The molecule has 0 amide bonds. The normalized spacial score (nSPS) is 18.9. The molecule has 0 aliphatic heterocycles. The highest BCUT2D eigenvalue weighted by Gasteiger charge is 2.31. The molecule has 0 radical (unpaired) electrons. The predicted molar refractivity (Wildman–Crippen MR) is 129 cm³/mol. The molecule has 7 atom stereocenters. The Hall–Kier alpha value is -1.11. The van der Waals surface area contributed by atoms with Crippen molar-refractivity contribution in [2.45, 2.75) is 99.7 Å². The summed E-state index contributed by atoms with van der Waals surface area (Å²) in [6, 6.07) is -1.26. The fraction of sp³-hybridized carbons (Fsp3) is 0.880. The van der Waals surface area contributed by atoms with E-state index in [9.17, 15) is 14.4 Å². The highest BCUT2D eigenvalue weighted by Crippen LogP contribution is 2.22. The lowest BCUT2D eigenvalue weighted by Crippen LogP contribution is -2.48. The van der Waals surface area contributed by atoms with Gasteiger partial charge in [-0.25, -0.2) is 0 Å². The van der Waals surface area contributed by atoms with Crippen LogP contribution in [-0.4, -0.2) is 42.0 Å². The van der Waals surface area contributed by atoms with E-state index in [1.807, 2.05) is 41.5 Å². The van der Waals surface area contributed by atoms with E-state index in [1.165, 1.54) is 0 Å². The molecule has 0 spiro atoms. The Bertz CT molecular complexity index is 576. The first-order valence-corrected chi connectivity index (χ1v) is 12.1. The van der Waals surface area contributed by atoms with Gasteiger partial charge in [-0.3, -0.25) is 14.4 Å². The van der Waals surface area contributed by atoms with Crippen LogP contribution >= 0.6 is 0 Å². The van der Waals surface area contributed by atoms with E-state index in [0.29, 0.717) is 19.4 Å². The third-order valence-corrected chi connectivity index (χ3v) is 6.53. The van der Waals surface area contributed by atoms with Crippen LogP contribution in [0.25, 0.3) is 0 Å². The average Bonchev–Trinajstić information content (AvgIpc) is 2.70. The van der Waals surface area contributed by atoms with Gasteiger partial charge >= 0.3 is 0 Å². The summed E-state index contributed by atoms with van der Waals surface area (Å²) in [5, 5.41) is 3.37. The average molecular weight is 440 g/mol. The van der Waals surface area contributed by atoms with Gasteiger partial charge in [-0.05, 0) is 30.6 Å². The van der Waals surface area contributed by atoms with Gasteiger partial charge in [0.15, 0.2) is 17.3 Å². The second-order valence-corrected chi connectivity index (χ2v) is 10.4. The Morgan fingerprint density at radius 1 is 0.774 bits per heavy atom. The van der Waals surface area contributed by atoms with E-state index in [1.54, 1.807) is 0 Å². The molecule has 0 heterocycles. The van der Waals surface area contributed by atoms with Crippen LogP contribution in [0.2, 0.25) is 0 Å². The van der Waals surface area contributed by atoms with Gasteiger partial charge in [-0.15, -0.1) is 0 Å². The highest BCUT2D eigenvalue weighted by molar-refractivity contribution is 5.88. The maximum Gasteiger partial charge on any atom is 0.153 e. The predicted octanol–water partition coefficient (Wildman–Crippen LogP) is 3.35. The second kappa shape index (κ2) is 14.1. The van der Waals surface area contributed by atoms with Gasteiger partial charge in [-0.1, -0.05) is 68.7 Å². The summed E-state index contributed by atoms with van der Waals surface area (Å²) in [5.74, 6) is 0.239. The van der Waals surface area contributed by atoms with Gasteiger partial charge in [0, 0.05) is 24.3 Å². The molecule has 0 saturated heterocycles. The highest BCUT2D eigenvalue weighted by atomic mass is 16.1. The summed E-state index contributed by atoms with van der Waals surface area (Å²) in [6.45, 7) is 18.1. The number of nitrogens with two attached hydrogens (primary N) is 2. The number of ketones is 3.